The number of ether oxygens (including phenoxy) is 2. The lowest BCUT2D eigenvalue weighted by molar-refractivity contribution is -0.145. The maximum Gasteiger partial charge on any atom is 0.326 e. The number of benzene rings is 1. The largest absolute Gasteiger partial charge is 0.490 e. The molecule has 0 spiro atoms. The molecule has 0 aliphatic carbocycles. The van der Waals surface area contributed by atoms with Crippen molar-refractivity contribution in [1.29, 1.82) is 0 Å². The van der Waals surface area contributed by atoms with E-state index in [1.165, 1.54) is 22.2 Å². The van der Waals surface area contributed by atoms with Gasteiger partial charge >= 0.3 is 5.97 Å². The highest BCUT2D eigenvalue weighted by atomic mass is 32.1. The van der Waals surface area contributed by atoms with Crippen molar-refractivity contribution in [3.05, 3.63) is 69.4 Å². The molecule has 0 radical (unpaired) electrons. The minimum atomic E-state index is -0.505. The minimum Gasteiger partial charge on any atom is -0.490 e. The highest BCUT2D eigenvalue weighted by Gasteiger charge is 2.15. The number of para-hydroxylation sites is 1. The zero-order valence-electron chi connectivity index (χ0n) is 15.7. The van der Waals surface area contributed by atoms with Crippen LogP contribution in [0, 0.1) is 6.92 Å². The van der Waals surface area contributed by atoms with Crippen LogP contribution in [0.15, 0.2) is 58.3 Å². The van der Waals surface area contributed by atoms with E-state index in [0.717, 1.165) is 21.8 Å². The average molecular weight is 427 g/mol. The van der Waals surface area contributed by atoms with Crippen LogP contribution in [0.2, 0.25) is 0 Å². The Balaban J connectivity index is 1.41. The molecule has 8 heteroatoms. The normalized spacial score (nSPS) is 10.9. The summed E-state index contributed by atoms with van der Waals surface area (Å²) in [4.78, 5) is 31.1. The Morgan fingerprint density at radius 3 is 2.79 bits per heavy atom. The zero-order valence-corrected chi connectivity index (χ0v) is 17.3. The Bertz CT molecular complexity index is 1200. The average Bonchev–Trinajstić information content (AvgIpc) is 3.38. The molecule has 0 aliphatic heterocycles. The second-order valence-electron chi connectivity index (χ2n) is 6.32. The summed E-state index contributed by atoms with van der Waals surface area (Å²) in [5.41, 5.74) is 1.63. The van der Waals surface area contributed by atoms with Gasteiger partial charge in [0.1, 0.15) is 30.3 Å². The number of carbonyl (C=O) groups excluding carboxylic acids is 1. The quantitative estimate of drug-likeness (QED) is 0.328. The highest BCUT2D eigenvalue weighted by molar-refractivity contribution is 7.18. The summed E-state index contributed by atoms with van der Waals surface area (Å²) in [6, 6.07) is 11.5. The smallest absolute Gasteiger partial charge is 0.326 e. The molecule has 29 heavy (non-hydrogen) atoms. The van der Waals surface area contributed by atoms with Gasteiger partial charge in [-0.15, -0.1) is 22.7 Å². The fourth-order valence-corrected chi connectivity index (χ4v) is 4.62. The van der Waals surface area contributed by atoms with E-state index in [4.69, 9.17) is 9.47 Å². The van der Waals surface area contributed by atoms with E-state index in [1.54, 1.807) is 11.3 Å². The van der Waals surface area contributed by atoms with Gasteiger partial charge in [0.15, 0.2) is 0 Å². The molecule has 6 nitrogen and oxygen atoms in total. The fraction of sp³-hybridized carbons (Fsp3) is 0.190. The van der Waals surface area contributed by atoms with Crippen LogP contribution in [0.25, 0.3) is 20.7 Å². The molecule has 148 valence electrons. The van der Waals surface area contributed by atoms with E-state index in [1.807, 2.05) is 54.1 Å². The summed E-state index contributed by atoms with van der Waals surface area (Å²) >= 11 is 2.98. The summed E-state index contributed by atoms with van der Waals surface area (Å²) in [5, 5.41) is 4.43. The van der Waals surface area contributed by atoms with E-state index >= 15 is 0 Å². The fourth-order valence-electron chi connectivity index (χ4n) is 2.90. The molecule has 0 atom stereocenters. The van der Waals surface area contributed by atoms with Crippen LogP contribution >= 0.6 is 22.7 Å². The molecule has 0 amide bonds. The molecule has 1 aromatic carbocycles. The van der Waals surface area contributed by atoms with Crippen LogP contribution in [0.4, 0.5) is 0 Å². The molecule has 3 aromatic heterocycles. The first-order valence-corrected chi connectivity index (χ1v) is 10.7. The van der Waals surface area contributed by atoms with Crippen molar-refractivity contribution in [1.82, 2.24) is 9.55 Å². The van der Waals surface area contributed by atoms with E-state index in [9.17, 15) is 9.59 Å². The third-order valence-corrected chi connectivity index (χ3v) is 6.13. The number of hydrogen-bond donors (Lipinski definition) is 0. The summed E-state index contributed by atoms with van der Waals surface area (Å²) in [7, 11) is 0. The summed E-state index contributed by atoms with van der Waals surface area (Å²) in [6.07, 6.45) is 1.39. The minimum absolute atomic E-state index is 0.108. The van der Waals surface area contributed by atoms with E-state index in [0.29, 0.717) is 10.2 Å². The van der Waals surface area contributed by atoms with Gasteiger partial charge in [-0.1, -0.05) is 24.3 Å². The first kappa shape index (κ1) is 19.4. The Kier molecular flexibility index (Phi) is 5.73. The van der Waals surface area contributed by atoms with Crippen molar-refractivity contribution in [2.45, 2.75) is 13.5 Å². The number of aromatic nitrogens is 2. The van der Waals surface area contributed by atoms with E-state index in [2.05, 4.69) is 4.98 Å². The van der Waals surface area contributed by atoms with Crippen LogP contribution < -0.4 is 10.3 Å². The van der Waals surface area contributed by atoms with E-state index < -0.39 is 5.97 Å². The molecule has 0 aliphatic rings. The molecule has 0 bridgehead atoms. The second-order valence-corrected chi connectivity index (χ2v) is 8.12. The third kappa shape index (κ3) is 4.23. The lowest BCUT2D eigenvalue weighted by Crippen LogP contribution is -2.26. The Labute approximate surface area is 175 Å². The number of aryl methyl sites for hydroxylation is 1. The summed E-state index contributed by atoms with van der Waals surface area (Å²) in [5.74, 6) is 0.252. The lowest BCUT2D eigenvalue weighted by atomic mass is 10.2. The first-order valence-electron chi connectivity index (χ1n) is 8.98. The second kappa shape index (κ2) is 8.59. The van der Waals surface area contributed by atoms with Crippen molar-refractivity contribution in [2.75, 3.05) is 13.2 Å². The SMILES string of the molecule is Cc1ccccc1OCCOC(=O)Cn1cnc2scc(-c3cccs3)c2c1=O. The van der Waals surface area contributed by atoms with Crippen LogP contribution in [0.3, 0.4) is 0 Å². The van der Waals surface area contributed by atoms with Gasteiger partial charge in [0, 0.05) is 15.8 Å². The van der Waals surface area contributed by atoms with Gasteiger partial charge in [0.05, 0.1) is 11.7 Å². The Morgan fingerprint density at radius 1 is 1.14 bits per heavy atom. The van der Waals surface area contributed by atoms with Crippen molar-refractivity contribution in [2.24, 2.45) is 0 Å². The Hall–Kier alpha value is -2.97. The molecule has 0 saturated carbocycles. The monoisotopic (exact) mass is 426 g/mol. The van der Waals surface area contributed by atoms with Gasteiger partial charge in [-0.25, -0.2) is 4.98 Å². The molecule has 0 saturated heterocycles. The van der Waals surface area contributed by atoms with Crippen LogP contribution in [-0.4, -0.2) is 28.7 Å². The molecule has 0 unspecified atom stereocenters. The van der Waals surface area contributed by atoms with Crippen molar-refractivity contribution < 1.29 is 14.3 Å². The van der Waals surface area contributed by atoms with Gasteiger partial charge < -0.3 is 9.47 Å². The summed E-state index contributed by atoms with van der Waals surface area (Å²) < 4.78 is 12.1. The predicted octanol–water partition coefficient (Wildman–Crippen LogP) is 4.12. The molecule has 4 aromatic rings. The van der Waals surface area contributed by atoms with Crippen LogP contribution in [0.1, 0.15) is 5.56 Å². The number of fused-ring (bicyclic) bond motifs is 1. The number of thiophene rings is 2. The summed E-state index contributed by atoms with van der Waals surface area (Å²) in [6.45, 7) is 2.12. The molecule has 3 heterocycles. The Morgan fingerprint density at radius 2 is 2.00 bits per heavy atom. The maximum atomic E-state index is 12.9. The molecular formula is C21H18N2O4S2. The standard InChI is InChI=1S/C21H18N2O4S2/c1-14-5-2-3-6-16(14)26-8-9-27-18(24)11-23-13-22-20-19(21(23)25)15(12-29-20)17-7-4-10-28-17/h2-7,10,12-13H,8-9,11H2,1H3. The molecular weight excluding hydrogens is 408 g/mol. The van der Waals surface area contributed by atoms with Crippen LogP contribution in [-0.2, 0) is 16.1 Å². The predicted molar refractivity (Wildman–Crippen MR) is 115 cm³/mol. The van der Waals surface area contributed by atoms with Crippen molar-refractivity contribution in [3.8, 4) is 16.2 Å². The zero-order chi connectivity index (χ0) is 20.2. The number of esters is 1. The molecule has 0 N–H and O–H groups in total. The topological polar surface area (TPSA) is 70.4 Å². The first-order chi connectivity index (χ1) is 14.1. The van der Waals surface area contributed by atoms with Gasteiger partial charge in [-0.3, -0.25) is 14.2 Å². The number of rotatable bonds is 7. The maximum absolute atomic E-state index is 12.9. The van der Waals surface area contributed by atoms with Crippen molar-refractivity contribution >= 4 is 38.9 Å². The molecule has 0 fully saturated rings. The van der Waals surface area contributed by atoms with Gasteiger partial charge in [-0.05, 0) is 30.0 Å². The number of hydrogen-bond acceptors (Lipinski definition) is 7. The number of nitrogens with zero attached hydrogens (tertiary/aromatic N) is 2. The van der Waals surface area contributed by atoms with Gasteiger partial charge in [0.2, 0.25) is 0 Å². The van der Waals surface area contributed by atoms with Gasteiger partial charge in [0.25, 0.3) is 5.56 Å². The third-order valence-electron chi connectivity index (χ3n) is 4.34. The highest BCUT2D eigenvalue weighted by Crippen LogP contribution is 2.33. The van der Waals surface area contributed by atoms with Crippen LogP contribution in [0.5, 0.6) is 5.75 Å². The van der Waals surface area contributed by atoms with E-state index in [-0.39, 0.29) is 25.3 Å². The van der Waals surface area contributed by atoms with Crippen molar-refractivity contribution in [3.63, 3.8) is 0 Å². The number of carbonyl (C=O) groups is 1. The molecule has 4 rings (SSSR count). The lowest BCUT2D eigenvalue weighted by Gasteiger charge is -2.10. The van der Waals surface area contributed by atoms with Gasteiger partial charge in [-0.2, -0.15) is 0 Å².